The summed E-state index contributed by atoms with van der Waals surface area (Å²) in [4.78, 5) is 23.8. The second-order valence-corrected chi connectivity index (χ2v) is 6.10. The van der Waals surface area contributed by atoms with Crippen molar-refractivity contribution in [1.82, 2.24) is 15.1 Å². The van der Waals surface area contributed by atoms with Crippen LogP contribution < -0.4 is 5.32 Å². The van der Waals surface area contributed by atoms with E-state index in [2.05, 4.69) is 10.4 Å². The summed E-state index contributed by atoms with van der Waals surface area (Å²) in [5.41, 5.74) is 1.70. The van der Waals surface area contributed by atoms with Gasteiger partial charge in [-0.3, -0.25) is 14.3 Å². The van der Waals surface area contributed by atoms with Crippen molar-refractivity contribution < 1.29 is 19.1 Å². The molecule has 7 heteroatoms. The lowest BCUT2D eigenvalue weighted by Crippen LogP contribution is -2.31. The van der Waals surface area contributed by atoms with Gasteiger partial charge in [-0.05, 0) is 36.6 Å². The van der Waals surface area contributed by atoms with E-state index < -0.39 is 23.7 Å². The Morgan fingerprint density at radius 3 is 2.44 bits per heavy atom. The highest BCUT2D eigenvalue weighted by Gasteiger charge is 2.22. The molecule has 0 saturated heterocycles. The Labute approximate surface area is 145 Å². The van der Waals surface area contributed by atoms with E-state index in [1.165, 1.54) is 24.3 Å². The van der Waals surface area contributed by atoms with Gasteiger partial charge >= 0.3 is 5.97 Å². The Balaban J connectivity index is 2.27. The third-order valence-corrected chi connectivity index (χ3v) is 3.88. The lowest BCUT2D eigenvalue weighted by molar-refractivity contribution is -0.137. The number of carbonyl (C=O) groups excluding carboxylic acids is 1. The molecule has 1 atom stereocenters. The predicted molar refractivity (Wildman–Crippen MR) is 90.9 cm³/mol. The molecular formula is C18H22FN3O3. The largest absolute Gasteiger partial charge is 0.481 e. The van der Waals surface area contributed by atoms with Gasteiger partial charge in [0.05, 0.1) is 18.2 Å². The average molecular weight is 347 g/mol. The fourth-order valence-electron chi connectivity index (χ4n) is 2.50. The van der Waals surface area contributed by atoms with Gasteiger partial charge in [0.25, 0.3) is 5.91 Å². The molecule has 0 bridgehead atoms. The first-order valence-corrected chi connectivity index (χ1v) is 8.17. The lowest BCUT2D eigenvalue weighted by atomic mass is 10.0. The fourth-order valence-corrected chi connectivity index (χ4v) is 2.50. The highest BCUT2D eigenvalue weighted by Crippen LogP contribution is 2.20. The molecule has 2 N–H and O–H groups in total. The van der Waals surface area contributed by atoms with E-state index in [1.807, 2.05) is 20.8 Å². The molecule has 0 spiro atoms. The summed E-state index contributed by atoms with van der Waals surface area (Å²) < 4.78 is 14.7. The molecule has 25 heavy (non-hydrogen) atoms. The Morgan fingerprint density at radius 1 is 1.28 bits per heavy atom. The van der Waals surface area contributed by atoms with E-state index in [1.54, 1.807) is 10.7 Å². The molecule has 0 fully saturated rings. The normalized spacial score (nSPS) is 12.2. The van der Waals surface area contributed by atoms with E-state index in [0.717, 1.165) is 5.69 Å². The summed E-state index contributed by atoms with van der Waals surface area (Å²) in [6, 6.07) is 6.38. The van der Waals surface area contributed by atoms with E-state index >= 15 is 0 Å². The first kappa shape index (κ1) is 18.6. The topological polar surface area (TPSA) is 84.2 Å². The van der Waals surface area contributed by atoms with Gasteiger partial charge in [-0.25, -0.2) is 4.39 Å². The molecule has 2 rings (SSSR count). The molecule has 134 valence electrons. The van der Waals surface area contributed by atoms with Gasteiger partial charge in [0.15, 0.2) is 0 Å². The molecule has 0 aliphatic carbocycles. The zero-order valence-electron chi connectivity index (χ0n) is 14.5. The van der Waals surface area contributed by atoms with Gasteiger partial charge in [0.2, 0.25) is 0 Å². The zero-order chi connectivity index (χ0) is 18.6. The van der Waals surface area contributed by atoms with Crippen molar-refractivity contribution in [1.29, 1.82) is 0 Å². The van der Waals surface area contributed by atoms with Crippen LogP contribution in [0.4, 0.5) is 4.39 Å². The van der Waals surface area contributed by atoms with Crippen molar-refractivity contribution in [2.24, 2.45) is 0 Å². The molecular weight excluding hydrogens is 325 g/mol. The fraction of sp³-hybridized carbons (Fsp3) is 0.389. The van der Waals surface area contributed by atoms with Crippen molar-refractivity contribution in [2.75, 3.05) is 0 Å². The molecule has 0 aliphatic heterocycles. The molecule has 1 heterocycles. The van der Waals surface area contributed by atoms with E-state index in [0.29, 0.717) is 17.8 Å². The Kier molecular flexibility index (Phi) is 5.90. The molecule has 6 nitrogen and oxygen atoms in total. The Morgan fingerprint density at radius 2 is 1.92 bits per heavy atom. The smallest absolute Gasteiger partial charge is 0.305 e. The molecule has 1 unspecified atom stereocenters. The third kappa shape index (κ3) is 4.65. The number of amides is 1. The number of carboxylic acids is 1. The molecule has 1 amide bonds. The van der Waals surface area contributed by atoms with Crippen LogP contribution in [0.3, 0.4) is 0 Å². The standard InChI is InChI=1S/C18H22FN3O3/c1-4-22-16(9-14(21-22)11(2)3)18(25)20-15(10-17(23)24)12-5-7-13(19)8-6-12/h5-9,11,15H,4,10H2,1-3H3,(H,20,25)(H,23,24). The lowest BCUT2D eigenvalue weighted by Gasteiger charge is -2.17. The number of hydrogen-bond acceptors (Lipinski definition) is 3. The number of nitrogens with zero attached hydrogens (tertiary/aromatic N) is 2. The first-order valence-electron chi connectivity index (χ1n) is 8.17. The van der Waals surface area contributed by atoms with Gasteiger partial charge < -0.3 is 10.4 Å². The van der Waals surface area contributed by atoms with Crippen molar-refractivity contribution >= 4 is 11.9 Å². The van der Waals surface area contributed by atoms with Crippen LogP contribution in [0.5, 0.6) is 0 Å². The summed E-state index contributed by atoms with van der Waals surface area (Å²) in [6.45, 7) is 6.36. The number of aryl methyl sites for hydroxylation is 1. The number of halogens is 1. The maximum Gasteiger partial charge on any atom is 0.305 e. The minimum absolute atomic E-state index is 0.172. The van der Waals surface area contributed by atoms with E-state index in [4.69, 9.17) is 5.11 Å². The minimum atomic E-state index is -1.05. The number of aromatic nitrogens is 2. The van der Waals surface area contributed by atoms with Crippen molar-refractivity contribution in [3.63, 3.8) is 0 Å². The van der Waals surface area contributed by atoms with Crippen molar-refractivity contribution in [3.05, 3.63) is 53.1 Å². The van der Waals surface area contributed by atoms with Crippen LogP contribution >= 0.6 is 0 Å². The molecule has 0 radical (unpaired) electrons. The van der Waals surface area contributed by atoms with Gasteiger partial charge in [-0.15, -0.1) is 0 Å². The Bertz CT molecular complexity index is 753. The van der Waals surface area contributed by atoms with Crippen LogP contribution in [0.15, 0.2) is 30.3 Å². The highest BCUT2D eigenvalue weighted by molar-refractivity contribution is 5.93. The molecule has 0 aliphatic rings. The summed E-state index contributed by atoms with van der Waals surface area (Å²) in [7, 11) is 0. The van der Waals surface area contributed by atoms with Gasteiger partial charge in [0, 0.05) is 6.54 Å². The van der Waals surface area contributed by atoms with Crippen molar-refractivity contribution in [2.45, 2.75) is 45.7 Å². The number of hydrogen-bond donors (Lipinski definition) is 2. The molecule has 2 aromatic rings. The van der Waals surface area contributed by atoms with Gasteiger partial charge in [0.1, 0.15) is 11.5 Å². The van der Waals surface area contributed by atoms with Gasteiger partial charge in [-0.1, -0.05) is 26.0 Å². The van der Waals surface area contributed by atoms with E-state index in [9.17, 15) is 14.0 Å². The number of carboxylic acid groups (broad SMARTS) is 1. The number of aliphatic carboxylic acids is 1. The van der Waals surface area contributed by atoms with Crippen molar-refractivity contribution in [3.8, 4) is 0 Å². The summed E-state index contributed by atoms with van der Waals surface area (Å²) in [6.07, 6.45) is -0.297. The first-order chi connectivity index (χ1) is 11.8. The second-order valence-electron chi connectivity index (χ2n) is 6.10. The Hall–Kier alpha value is -2.70. The molecule has 0 saturated carbocycles. The summed E-state index contributed by atoms with van der Waals surface area (Å²) >= 11 is 0. The number of nitrogens with one attached hydrogen (secondary N) is 1. The predicted octanol–water partition coefficient (Wildman–Crippen LogP) is 3.11. The molecule has 1 aromatic heterocycles. The highest BCUT2D eigenvalue weighted by atomic mass is 19.1. The van der Waals surface area contributed by atoms with E-state index in [-0.39, 0.29) is 12.3 Å². The molecule has 1 aromatic carbocycles. The van der Waals surface area contributed by atoms with Crippen LogP contribution in [0, 0.1) is 5.82 Å². The quantitative estimate of drug-likeness (QED) is 0.806. The number of rotatable bonds is 7. The maximum atomic E-state index is 13.1. The monoisotopic (exact) mass is 347 g/mol. The zero-order valence-corrected chi connectivity index (χ0v) is 14.5. The minimum Gasteiger partial charge on any atom is -0.481 e. The summed E-state index contributed by atoms with van der Waals surface area (Å²) in [5, 5.41) is 16.2. The van der Waals surface area contributed by atoms with Crippen LogP contribution in [-0.4, -0.2) is 26.8 Å². The maximum absolute atomic E-state index is 13.1. The summed E-state index contributed by atoms with van der Waals surface area (Å²) in [5.74, 6) is -1.71. The van der Waals surface area contributed by atoms with Crippen LogP contribution in [0.25, 0.3) is 0 Å². The average Bonchev–Trinajstić information content (AvgIpc) is 2.99. The number of benzene rings is 1. The van der Waals surface area contributed by atoms with Crippen LogP contribution in [0.2, 0.25) is 0 Å². The second kappa shape index (κ2) is 7.92. The van der Waals surface area contributed by atoms with Gasteiger partial charge in [-0.2, -0.15) is 5.10 Å². The SMILES string of the molecule is CCn1nc(C(C)C)cc1C(=O)NC(CC(=O)O)c1ccc(F)cc1. The number of carbonyl (C=O) groups is 2. The third-order valence-electron chi connectivity index (χ3n) is 3.88. The van der Waals surface area contributed by atoms with Crippen LogP contribution in [-0.2, 0) is 11.3 Å². The van der Waals surface area contributed by atoms with Crippen LogP contribution in [0.1, 0.15) is 60.9 Å².